The van der Waals surface area contributed by atoms with Crippen molar-refractivity contribution in [3.8, 4) is 5.75 Å². The van der Waals surface area contributed by atoms with E-state index >= 15 is 0 Å². The van der Waals surface area contributed by atoms with E-state index in [0.29, 0.717) is 24.4 Å². The lowest BCUT2D eigenvalue weighted by Crippen LogP contribution is -2.84. The number of nitrogens with zero attached hydrogens (tertiary/aromatic N) is 1. The molecule has 3 amide bonds. The highest BCUT2D eigenvalue weighted by Gasteiger charge is 2.69. The number of thiazole rings is 1. The van der Waals surface area contributed by atoms with Crippen molar-refractivity contribution in [2.45, 2.75) is 37.3 Å². The van der Waals surface area contributed by atoms with Crippen molar-refractivity contribution in [2.24, 2.45) is 0 Å². The molecule has 5 rings (SSSR count). The minimum atomic E-state index is -0.615. The van der Waals surface area contributed by atoms with E-state index in [1.165, 1.54) is 30.4 Å². The molecule has 2 bridgehead atoms. The quantitative estimate of drug-likeness (QED) is 0.598. The van der Waals surface area contributed by atoms with Crippen LogP contribution >= 0.6 is 22.9 Å². The zero-order valence-corrected chi connectivity index (χ0v) is 17.5. The van der Waals surface area contributed by atoms with Crippen molar-refractivity contribution in [3.05, 3.63) is 40.1 Å². The lowest BCUT2D eigenvalue weighted by molar-refractivity contribution is -0.141. The highest BCUT2D eigenvalue weighted by atomic mass is 35.5. The van der Waals surface area contributed by atoms with Gasteiger partial charge < -0.3 is 20.7 Å². The molecule has 0 aliphatic heterocycles. The molecular formula is C19H18ClFN4O4S. The van der Waals surface area contributed by atoms with Crippen LogP contribution in [0.25, 0.3) is 0 Å². The van der Waals surface area contributed by atoms with Crippen LogP contribution in [-0.2, 0) is 9.59 Å². The Kier molecular flexibility index (Phi) is 5.15. The summed E-state index contributed by atoms with van der Waals surface area (Å²) in [4.78, 5) is 39.7. The molecule has 1 aromatic heterocycles. The number of hydrogen-bond donors (Lipinski definition) is 3. The predicted octanol–water partition coefficient (Wildman–Crippen LogP) is 2.49. The first-order chi connectivity index (χ1) is 14.2. The van der Waals surface area contributed by atoms with Gasteiger partial charge in [-0.2, -0.15) is 0 Å². The maximum atomic E-state index is 13.4. The van der Waals surface area contributed by atoms with Crippen LogP contribution in [0.4, 0.5) is 9.52 Å². The van der Waals surface area contributed by atoms with Gasteiger partial charge >= 0.3 is 0 Å². The fourth-order valence-corrected chi connectivity index (χ4v) is 4.85. The maximum absolute atomic E-state index is 13.4. The fraction of sp³-hybridized carbons (Fsp3) is 0.368. The van der Waals surface area contributed by atoms with E-state index in [1.54, 1.807) is 5.38 Å². The summed E-state index contributed by atoms with van der Waals surface area (Å²) in [6, 6.07) is 3.97. The van der Waals surface area contributed by atoms with Crippen LogP contribution in [0.2, 0.25) is 5.02 Å². The fourth-order valence-electron chi connectivity index (χ4n) is 3.99. The van der Waals surface area contributed by atoms with Gasteiger partial charge in [0, 0.05) is 29.4 Å². The van der Waals surface area contributed by atoms with E-state index in [9.17, 15) is 18.8 Å². The van der Waals surface area contributed by atoms with E-state index in [2.05, 4.69) is 20.9 Å². The first kappa shape index (κ1) is 20.5. The Morgan fingerprint density at radius 2 is 1.93 bits per heavy atom. The number of carbonyl (C=O) groups is 3. The van der Waals surface area contributed by atoms with Gasteiger partial charge in [0.05, 0.1) is 5.02 Å². The Labute approximate surface area is 180 Å². The van der Waals surface area contributed by atoms with Crippen LogP contribution < -0.4 is 20.7 Å². The molecule has 1 aromatic carbocycles. The average molecular weight is 453 g/mol. The summed E-state index contributed by atoms with van der Waals surface area (Å²) in [5, 5.41) is 10.4. The summed E-state index contributed by atoms with van der Waals surface area (Å²) in [5.74, 6) is -1.27. The monoisotopic (exact) mass is 452 g/mol. The van der Waals surface area contributed by atoms with Crippen molar-refractivity contribution in [3.63, 3.8) is 0 Å². The van der Waals surface area contributed by atoms with Gasteiger partial charge in [-0.05, 0) is 31.4 Å². The van der Waals surface area contributed by atoms with Gasteiger partial charge in [0.1, 0.15) is 17.3 Å². The Bertz CT molecular complexity index is 1020. The number of benzene rings is 1. The van der Waals surface area contributed by atoms with E-state index in [4.69, 9.17) is 16.3 Å². The van der Waals surface area contributed by atoms with E-state index < -0.39 is 5.82 Å². The molecule has 0 unspecified atom stereocenters. The van der Waals surface area contributed by atoms with Crippen LogP contribution in [0.3, 0.4) is 0 Å². The third-order valence-electron chi connectivity index (χ3n) is 5.09. The summed E-state index contributed by atoms with van der Waals surface area (Å²) in [7, 11) is 0. The molecule has 3 fully saturated rings. The van der Waals surface area contributed by atoms with Gasteiger partial charge in [0.2, 0.25) is 5.91 Å². The Hall–Kier alpha value is -2.72. The number of anilines is 1. The van der Waals surface area contributed by atoms with Gasteiger partial charge in [0.25, 0.3) is 11.8 Å². The van der Waals surface area contributed by atoms with Crippen LogP contribution in [-0.4, -0.2) is 40.4 Å². The highest BCUT2D eigenvalue weighted by molar-refractivity contribution is 7.14. The van der Waals surface area contributed by atoms with Crippen molar-refractivity contribution < 1.29 is 23.5 Å². The summed E-state index contributed by atoms with van der Waals surface area (Å²) in [6.45, 7) is 1.13. The molecule has 3 aliphatic carbocycles. The second-order valence-electron chi connectivity index (χ2n) is 7.68. The molecule has 1 heterocycles. The van der Waals surface area contributed by atoms with Gasteiger partial charge in [-0.25, -0.2) is 9.37 Å². The molecule has 3 saturated carbocycles. The van der Waals surface area contributed by atoms with E-state index in [-0.39, 0.29) is 51.9 Å². The highest BCUT2D eigenvalue weighted by Crippen LogP contribution is 2.60. The summed E-state index contributed by atoms with van der Waals surface area (Å²) < 4.78 is 18.7. The van der Waals surface area contributed by atoms with Crippen LogP contribution in [0.1, 0.15) is 36.7 Å². The molecule has 3 aliphatic rings. The minimum absolute atomic E-state index is 0.0167. The summed E-state index contributed by atoms with van der Waals surface area (Å²) in [6.07, 6.45) is 1.86. The molecule has 0 spiro atoms. The van der Waals surface area contributed by atoms with Gasteiger partial charge in [-0.3, -0.25) is 14.4 Å². The lowest BCUT2D eigenvalue weighted by atomic mass is 9.44. The van der Waals surface area contributed by atoms with Crippen LogP contribution in [0.15, 0.2) is 23.6 Å². The van der Waals surface area contributed by atoms with Gasteiger partial charge in [-0.1, -0.05) is 11.6 Å². The number of carbonyl (C=O) groups excluding carboxylic acids is 3. The molecule has 3 N–H and O–H groups in total. The van der Waals surface area contributed by atoms with Crippen molar-refractivity contribution in [1.82, 2.24) is 15.6 Å². The molecule has 2 aromatic rings. The third kappa shape index (κ3) is 4.10. The van der Waals surface area contributed by atoms with E-state index in [0.717, 1.165) is 6.07 Å². The number of halogens is 2. The first-order valence-electron chi connectivity index (χ1n) is 9.12. The number of hydrogen-bond acceptors (Lipinski definition) is 6. The molecule has 0 atom stereocenters. The van der Waals surface area contributed by atoms with Crippen molar-refractivity contribution in [1.29, 1.82) is 0 Å². The second-order valence-corrected chi connectivity index (χ2v) is 8.94. The number of rotatable bonds is 7. The molecule has 0 radical (unpaired) electrons. The average Bonchev–Trinajstić information content (AvgIpc) is 3.07. The number of nitrogens with one attached hydrogen (secondary N) is 3. The Morgan fingerprint density at radius 3 is 2.60 bits per heavy atom. The zero-order valence-electron chi connectivity index (χ0n) is 15.9. The lowest BCUT2D eigenvalue weighted by Gasteiger charge is -2.70. The SMILES string of the molecule is CC(=O)Nc1nc(C(=O)NC23CC(NC(=O)COc4ccc(Cl)c(F)c4)(C2)C3)cs1. The first-order valence-corrected chi connectivity index (χ1v) is 10.4. The Balaban J connectivity index is 1.23. The van der Waals surface area contributed by atoms with Crippen LogP contribution in [0, 0.1) is 5.82 Å². The number of ether oxygens (including phenoxy) is 1. The largest absolute Gasteiger partial charge is 0.484 e. The molecule has 8 nitrogen and oxygen atoms in total. The molecule has 30 heavy (non-hydrogen) atoms. The van der Waals surface area contributed by atoms with Gasteiger partial charge in [-0.15, -0.1) is 11.3 Å². The molecule has 11 heteroatoms. The minimum Gasteiger partial charge on any atom is -0.484 e. The van der Waals surface area contributed by atoms with Crippen LogP contribution in [0.5, 0.6) is 5.75 Å². The molecule has 0 saturated heterocycles. The van der Waals surface area contributed by atoms with Crippen molar-refractivity contribution >= 4 is 45.8 Å². The van der Waals surface area contributed by atoms with E-state index in [1.807, 2.05) is 0 Å². The normalized spacial score (nSPS) is 23.6. The Morgan fingerprint density at radius 1 is 1.23 bits per heavy atom. The van der Waals surface area contributed by atoms with Crippen molar-refractivity contribution in [2.75, 3.05) is 11.9 Å². The molecular weight excluding hydrogens is 435 g/mol. The topological polar surface area (TPSA) is 109 Å². The second kappa shape index (κ2) is 7.51. The summed E-state index contributed by atoms with van der Waals surface area (Å²) in [5.41, 5.74) is -0.444. The third-order valence-corrected chi connectivity index (χ3v) is 6.16. The predicted molar refractivity (Wildman–Crippen MR) is 108 cm³/mol. The zero-order chi connectivity index (χ0) is 21.5. The standard InChI is InChI=1S/C19H18ClFN4O4S/c1-10(26)22-17-23-14(6-30-17)16(28)25-19-7-18(8-19,9-19)24-15(27)5-29-11-2-3-12(20)13(21)4-11/h2-4,6H,5,7-9H2,1H3,(H,24,27)(H,25,28)(H,22,23,26). The number of aromatic nitrogens is 1. The maximum Gasteiger partial charge on any atom is 0.271 e. The number of amides is 3. The smallest absolute Gasteiger partial charge is 0.271 e. The summed E-state index contributed by atoms with van der Waals surface area (Å²) >= 11 is 6.79. The molecule has 158 valence electrons. The van der Waals surface area contributed by atoms with Gasteiger partial charge in [0.15, 0.2) is 11.7 Å².